The molecule has 0 spiro atoms. The maximum Gasteiger partial charge on any atom is 0.334 e. The Morgan fingerprint density at radius 3 is 2.82 bits per heavy atom. The Kier molecular flexibility index (Phi) is 4.88. The van der Waals surface area contributed by atoms with Gasteiger partial charge in [0.2, 0.25) is 0 Å². The first-order chi connectivity index (χ1) is 13.4. The van der Waals surface area contributed by atoms with Crippen LogP contribution in [0.25, 0.3) is 0 Å². The Labute approximate surface area is 165 Å². The molecule has 2 heterocycles. The molecule has 2 saturated heterocycles. The third-order valence-corrected chi connectivity index (χ3v) is 6.03. The quantitative estimate of drug-likeness (QED) is 0.346. The first-order valence-electron chi connectivity index (χ1n) is 9.84. The number of epoxide rings is 1. The smallest absolute Gasteiger partial charge is 0.334 e. The number of hydrogen-bond donors (Lipinski definition) is 0. The Balaban J connectivity index is 1.60. The van der Waals surface area contributed by atoms with Crippen molar-refractivity contribution in [2.24, 2.45) is 5.92 Å². The monoisotopic (exact) mass is 382 g/mol. The molecule has 148 valence electrons. The molecule has 0 radical (unpaired) electrons. The van der Waals surface area contributed by atoms with Gasteiger partial charge in [-0.15, -0.1) is 0 Å². The van der Waals surface area contributed by atoms with Crippen LogP contribution in [-0.4, -0.2) is 35.9 Å². The first kappa shape index (κ1) is 18.9. The fourth-order valence-corrected chi connectivity index (χ4v) is 4.38. The third kappa shape index (κ3) is 3.63. The number of esters is 2. The second-order valence-corrected chi connectivity index (χ2v) is 8.26. The van der Waals surface area contributed by atoms with E-state index in [0.717, 1.165) is 24.0 Å². The van der Waals surface area contributed by atoms with Crippen LogP contribution in [0.2, 0.25) is 0 Å². The molecule has 0 aromatic heterocycles. The third-order valence-electron chi connectivity index (χ3n) is 6.03. The molecule has 5 heteroatoms. The maximum absolute atomic E-state index is 12.7. The van der Waals surface area contributed by atoms with Crippen molar-refractivity contribution >= 4 is 11.9 Å². The molecule has 2 aliphatic heterocycles. The average molecular weight is 382 g/mol. The SMILES string of the molecule is C=C1C(=O)OC2CC(C)=CCCC3(C)OC3C(OC(=O)Cc3ccccc3)C12. The van der Waals surface area contributed by atoms with Gasteiger partial charge < -0.3 is 14.2 Å². The van der Waals surface area contributed by atoms with Crippen molar-refractivity contribution in [3.8, 4) is 0 Å². The van der Waals surface area contributed by atoms with Crippen molar-refractivity contribution in [1.29, 1.82) is 0 Å². The van der Waals surface area contributed by atoms with Gasteiger partial charge in [-0.05, 0) is 32.3 Å². The van der Waals surface area contributed by atoms with E-state index in [1.54, 1.807) is 0 Å². The average Bonchev–Trinajstić information content (AvgIpc) is 3.23. The predicted molar refractivity (Wildman–Crippen MR) is 103 cm³/mol. The molecular weight excluding hydrogens is 356 g/mol. The summed E-state index contributed by atoms with van der Waals surface area (Å²) >= 11 is 0. The summed E-state index contributed by atoms with van der Waals surface area (Å²) in [7, 11) is 0. The zero-order valence-corrected chi connectivity index (χ0v) is 16.4. The number of carbonyl (C=O) groups excluding carboxylic acids is 2. The van der Waals surface area contributed by atoms with Crippen LogP contribution in [0, 0.1) is 5.92 Å². The van der Waals surface area contributed by atoms with Gasteiger partial charge in [-0.25, -0.2) is 4.79 Å². The Hall–Kier alpha value is -2.40. The van der Waals surface area contributed by atoms with E-state index in [0.29, 0.717) is 12.0 Å². The summed E-state index contributed by atoms with van der Waals surface area (Å²) in [5, 5.41) is 0. The summed E-state index contributed by atoms with van der Waals surface area (Å²) in [4.78, 5) is 24.9. The lowest BCUT2D eigenvalue weighted by atomic mass is 9.82. The highest BCUT2D eigenvalue weighted by atomic mass is 16.6. The van der Waals surface area contributed by atoms with Crippen molar-refractivity contribution in [1.82, 2.24) is 0 Å². The van der Waals surface area contributed by atoms with Crippen LogP contribution < -0.4 is 0 Å². The molecule has 5 atom stereocenters. The summed E-state index contributed by atoms with van der Waals surface area (Å²) in [5.41, 5.74) is 2.06. The maximum atomic E-state index is 12.7. The van der Waals surface area contributed by atoms with E-state index >= 15 is 0 Å². The lowest BCUT2D eigenvalue weighted by Crippen LogP contribution is -2.40. The van der Waals surface area contributed by atoms with Crippen LogP contribution >= 0.6 is 0 Å². The van der Waals surface area contributed by atoms with E-state index in [1.165, 1.54) is 0 Å². The summed E-state index contributed by atoms with van der Waals surface area (Å²) < 4.78 is 17.5. The van der Waals surface area contributed by atoms with Crippen molar-refractivity contribution in [3.05, 3.63) is 59.7 Å². The summed E-state index contributed by atoms with van der Waals surface area (Å²) in [6.07, 6.45) is 3.50. The molecule has 4 rings (SSSR count). The lowest BCUT2D eigenvalue weighted by molar-refractivity contribution is -0.153. The molecule has 1 aliphatic carbocycles. The summed E-state index contributed by atoms with van der Waals surface area (Å²) in [5.74, 6) is -1.13. The van der Waals surface area contributed by atoms with Crippen molar-refractivity contribution in [2.45, 2.75) is 63.4 Å². The molecule has 5 unspecified atom stereocenters. The minimum atomic E-state index is -0.573. The van der Waals surface area contributed by atoms with Gasteiger partial charge in [0, 0.05) is 12.0 Å². The van der Waals surface area contributed by atoms with Gasteiger partial charge in [0.15, 0.2) is 0 Å². The largest absolute Gasteiger partial charge is 0.458 e. The van der Waals surface area contributed by atoms with Crippen LogP contribution in [0.5, 0.6) is 0 Å². The van der Waals surface area contributed by atoms with E-state index in [4.69, 9.17) is 14.2 Å². The zero-order valence-electron chi connectivity index (χ0n) is 16.4. The molecule has 5 nitrogen and oxygen atoms in total. The second-order valence-electron chi connectivity index (χ2n) is 8.26. The Bertz CT molecular complexity index is 827. The van der Waals surface area contributed by atoms with Gasteiger partial charge in [-0.3, -0.25) is 4.79 Å². The molecule has 0 bridgehead atoms. The van der Waals surface area contributed by atoms with Crippen LogP contribution in [0.1, 0.15) is 38.7 Å². The highest BCUT2D eigenvalue weighted by Gasteiger charge is 2.62. The van der Waals surface area contributed by atoms with E-state index in [1.807, 2.05) is 44.2 Å². The van der Waals surface area contributed by atoms with E-state index in [9.17, 15) is 9.59 Å². The summed E-state index contributed by atoms with van der Waals surface area (Å²) in [6, 6.07) is 9.48. The van der Waals surface area contributed by atoms with Crippen LogP contribution in [-0.2, 0) is 30.2 Å². The Morgan fingerprint density at radius 1 is 1.32 bits per heavy atom. The van der Waals surface area contributed by atoms with Crippen LogP contribution in [0.15, 0.2) is 54.1 Å². The zero-order chi connectivity index (χ0) is 19.9. The number of rotatable bonds is 3. The van der Waals surface area contributed by atoms with Gasteiger partial charge in [0.1, 0.15) is 18.3 Å². The number of allylic oxidation sites excluding steroid dienone is 1. The molecule has 3 aliphatic rings. The number of fused-ring (bicyclic) bond motifs is 2. The van der Waals surface area contributed by atoms with Gasteiger partial charge in [-0.2, -0.15) is 0 Å². The van der Waals surface area contributed by atoms with Gasteiger partial charge in [-0.1, -0.05) is 48.6 Å². The van der Waals surface area contributed by atoms with Crippen LogP contribution in [0.3, 0.4) is 0 Å². The molecule has 2 fully saturated rings. The van der Waals surface area contributed by atoms with Crippen molar-refractivity contribution in [3.63, 3.8) is 0 Å². The molecule has 0 N–H and O–H groups in total. The van der Waals surface area contributed by atoms with Crippen LogP contribution in [0.4, 0.5) is 0 Å². The standard InChI is InChI=1S/C23H26O5/c1-14-8-7-11-23(3)21(28-23)20(19-15(2)22(25)26-17(19)12-14)27-18(24)13-16-9-5-4-6-10-16/h4-6,8-10,17,19-21H,2,7,11-13H2,1,3H3. The highest BCUT2D eigenvalue weighted by molar-refractivity contribution is 5.91. The molecule has 1 aromatic rings. The highest BCUT2D eigenvalue weighted by Crippen LogP contribution is 2.49. The lowest BCUT2D eigenvalue weighted by Gasteiger charge is -2.28. The molecule has 1 aromatic carbocycles. The summed E-state index contributed by atoms with van der Waals surface area (Å²) in [6.45, 7) is 8.02. The van der Waals surface area contributed by atoms with E-state index in [2.05, 4.69) is 12.7 Å². The van der Waals surface area contributed by atoms with Crippen molar-refractivity contribution < 1.29 is 23.8 Å². The number of hydrogen-bond acceptors (Lipinski definition) is 5. The topological polar surface area (TPSA) is 65.1 Å². The molecule has 0 amide bonds. The first-order valence-corrected chi connectivity index (χ1v) is 9.84. The van der Waals surface area contributed by atoms with Gasteiger partial charge in [0.05, 0.1) is 17.9 Å². The molecule has 28 heavy (non-hydrogen) atoms. The number of benzene rings is 1. The van der Waals surface area contributed by atoms with E-state index in [-0.39, 0.29) is 36.1 Å². The Morgan fingerprint density at radius 2 is 2.07 bits per heavy atom. The minimum Gasteiger partial charge on any atom is -0.458 e. The van der Waals surface area contributed by atoms with Gasteiger partial charge >= 0.3 is 11.9 Å². The van der Waals surface area contributed by atoms with E-state index < -0.39 is 12.1 Å². The number of ether oxygens (including phenoxy) is 3. The molecule has 0 saturated carbocycles. The predicted octanol–water partition coefficient (Wildman–Crippen LogP) is 3.53. The normalized spacial score (nSPS) is 34.6. The minimum absolute atomic E-state index is 0.179. The fourth-order valence-electron chi connectivity index (χ4n) is 4.38. The van der Waals surface area contributed by atoms with Gasteiger partial charge in [0.25, 0.3) is 0 Å². The molecular formula is C23H26O5. The number of carbonyl (C=O) groups is 2. The van der Waals surface area contributed by atoms with Crippen molar-refractivity contribution in [2.75, 3.05) is 0 Å². The fraction of sp³-hybridized carbons (Fsp3) is 0.478. The second kappa shape index (κ2) is 7.21.